The van der Waals surface area contributed by atoms with Crippen LogP contribution in [0.2, 0.25) is 5.02 Å². The molecule has 1 amide bonds. The lowest BCUT2D eigenvalue weighted by atomic mass is 10.1. The molecule has 0 saturated carbocycles. The fraction of sp³-hybridized carbons (Fsp3) is 0.111. The van der Waals surface area contributed by atoms with E-state index in [1.807, 2.05) is 44.4 Å². The second-order valence-corrected chi connectivity index (χ2v) is 5.82. The van der Waals surface area contributed by atoms with Crippen molar-refractivity contribution in [2.75, 3.05) is 5.32 Å². The number of nitrogens with zero attached hydrogens (tertiary/aromatic N) is 2. The average Bonchev–Trinajstić information content (AvgIpc) is 2.89. The third kappa shape index (κ3) is 3.43. The van der Waals surface area contributed by atoms with E-state index in [9.17, 15) is 4.79 Å². The van der Waals surface area contributed by atoms with Gasteiger partial charge in [0.2, 0.25) is 5.95 Å². The van der Waals surface area contributed by atoms with Gasteiger partial charge in [0, 0.05) is 29.4 Å². The minimum absolute atomic E-state index is 0.217. The van der Waals surface area contributed by atoms with Gasteiger partial charge < -0.3 is 4.57 Å². The van der Waals surface area contributed by atoms with E-state index in [-0.39, 0.29) is 5.91 Å². The number of amides is 1. The molecule has 0 aliphatic carbocycles. The Hall–Kier alpha value is -2.59. The van der Waals surface area contributed by atoms with E-state index in [0.717, 1.165) is 11.3 Å². The van der Waals surface area contributed by atoms with Crippen molar-refractivity contribution in [2.24, 2.45) is 7.05 Å². The van der Waals surface area contributed by atoms with Crippen molar-refractivity contribution < 1.29 is 4.79 Å². The molecule has 3 rings (SSSR count). The number of aryl methyl sites for hydroxylation is 2. The van der Waals surface area contributed by atoms with Gasteiger partial charge in [-0.15, -0.1) is 0 Å². The zero-order valence-electron chi connectivity index (χ0n) is 12.9. The number of nitrogens with one attached hydrogen (secondary N) is 1. The molecule has 0 atom stereocenters. The summed E-state index contributed by atoms with van der Waals surface area (Å²) in [6.45, 7) is 2.04. The van der Waals surface area contributed by atoms with Gasteiger partial charge in [-0.3, -0.25) is 10.1 Å². The third-order valence-electron chi connectivity index (χ3n) is 3.56. The molecule has 23 heavy (non-hydrogen) atoms. The summed E-state index contributed by atoms with van der Waals surface area (Å²) in [6.07, 6.45) is 1.89. The molecule has 0 aliphatic heterocycles. The molecule has 5 heteroatoms. The average molecular weight is 326 g/mol. The second kappa shape index (κ2) is 6.26. The first-order valence-corrected chi connectivity index (χ1v) is 7.58. The van der Waals surface area contributed by atoms with Gasteiger partial charge in [-0.05, 0) is 31.2 Å². The summed E-state index contributed by atoms with van der Waals surface area (Å²) >= 11 is 5.84. The molecule has 0 fully saturated rings. The summed E-state index contributed by atoms with van der Waals surface area (Å²) in [6, 6.07) is 14.8. The van der Waals surface area contributed by atoms with E-state index in [1.54, 1.807) is 28.8 Å². The Kier molecular flexibility index (Phi) is 4.17. The van der Waals surface area contributed by atoms with Crippen LogP contribution in [-0.2, 0) is 7.05 Å². The minimum atomic E-state index is -0.217. The molecule has 1 heterocycles. The van der Waals surface area contributed by atoms with Crippen LogP contribution in [0.1, 0.15) is 15.9 Å². The normalized spacial score (nSPS) is 10.6. The zero-order valence-corrected chi connectivity index (χ0v) is 13.6. The number of rotatable bonds is 3. The molecule has 4 nitrogen and oxygen atoms in total. The quantitative estimate of drug-likeness (QED) is 0.780. The van der Waals surface area contributed by atoms with Crippen LogP contribution in [0.3, 0.4) is 0 Å². The van der Waals surface area contributed by atoms with Crippen LogP contribution in [-0.4, -0.2) is 15.5 Å². The summed E-state index contributed by atoms with van der Waals surface area (Å²) in [5, 5.41) is 3.41. The largest absolute Gasteiger partial charge is 0.320 e. The smallest absolute Gasteiger partial charge is 0.257 e. The number of carbonyl (C=O) groups is 1. The van der Waals surface area contributed by atoms with E-state index in [2.05, 4.69) is 10.3 Å². The van der Waals surface area contributed by atoms with Crippen molar-refractivity contribution in [2.45, 2.75) is 6.92 Å². The maximum atomic E-state index is 12.3. The molecule has 0 radical (unpaired) electrons. The fourth-order valence-corrected chi connectivity index (χ4v) is 2.35. The first kappa shape index (κ1) is 15.3. The second-order valence-electron chi connectivity index (χ2n) is 5.39. The molecular formula is C18H16ClN3O. The first-order valence-electron chi connectivity index (χ1n) is 7.20. The highest BCUT2D eigenvalue weighted by Crippen LogP contribution is 2.21. The van der Waals surface area contributed by atoms with Crippen LogP contribution < -0.4 is 5.32 Å². The van der Waals surface area contributed by atoms with Crippen molar-refractivity contribution >= 4 is 23.5 Å². The lowest BCUT2D eigenvalue weighted by molar-refractivity contribution is 0.102. The Bertz CT molecular complexity index is 836. The SMILES string of the molecule is Cc1ccc(-c2cn(C)c(NC(=O)c3ccc(Cl)cc3)n2)cc1. The standard InChI is InChI=1S/C18H16ClN3O/c1-12-3-5-13(6-4-12)16-11-22(2)18(20-16)21-17(23)14-7-9-15(19)10-8-14/h3-11H,1-2H3,(H,20,21,23). The third-order valence-corrected chi connectivity index (χ3v) is 3.81. The lowest BCUT2D eigenvalue weighted by Crippen LogP contribution is -2.14. The van der Waals surface area contributed by atoms with Crippen LogP contribution in [0.5, 0.6) is 0 Å². The van der Waals surface area contributed by atoms with Crippen LogP contribution in [0, 0.1) is 6.92 Å². The summed E-state index contributed by atoms with van der Waals surface area (Å²) in [7, 11) is 1.85. The Morgan fingerprint density at radius 2 is 1.74 bits per heavy atom. The van der Waals surface area contributed by atoms with Gasteiger partial charge in [0.15, 0.2) is 0 Å². The van der Waals surface area contributed by atoms with Crippen molar-refractivity contribution in [3.05, 3.63) is 70.9 Å². The van der Waals surface area contributed by atoms with Gasteiger partial charge in [0.25, 0.3) is 5.91 Å². The van der Waals surface area contributed by atoms with Gasteiger partial charge in [-0.1, -0.05) is 41.4 Å². The number of carbonyl (C=O) groups excluding carboxylic acids is 1. The van der Waals surface area contributed by atoms with Gasteiger partial charge in [0.1, 0.15) is 0 Å². The Morgan fingerprint density at radius 3 is 2.39 bits per heavy atom. The zero-order chi connectivity index (χ0) is 16.4. The predicted octanol–water partition coefficient (Wildman–Crippen LogP) is 4.30. The van der Waals surface area contributed by atoms with Crippen molar-refractivity contribution in [3.63, 3.8) is 0 Å². The van der Waals surface area contributed by atoms with Crippen molar-refractivity contribution in [1.82, 2.24) is 9.55 Å². The van der Waals surface area contributed by atoms with E-state index in [1.165, 1.54) is 5.56 Å². The summed E-state index contributed by atoms with van der Waals surface area (Å²) < 4.78 is 1.79. The number of imidazole rings is 1. The molecule has 2 aromatic carbocycles. The number of anilines is 1. The number of benzene rings is 2. The molecular weight excluding hydrogens is 310 g/mol. The van der Waals surface area contributed by atoms with E-state index in [4.69, 9.17) is 11.6 Å². The summed E-state index contributed by atoms with van der Waals surface area (Å²) in [4.78, 5) is 16.8. The van der Waals surface area contributed by atoms with Crippen LogP contribution in [0.25, 0.3) is 11.3 Å². The first-order chi connectivity index (χ1) is 11.0. The van der Waals surface area contributed by atoms with Gasteiger partial charge in [0.05, 0.1) is 5.69 Å². The number of hydrogen-bond acceptors (Lipinski definition) is 2. The topological polar surface area (TPSA) is 46.9 Å². The van der Waals surface area contributed by atoms with Gasteiger partial charge in [-0.25, -0.2) is 4.98 Å². The molecule has 0 spiro atoms. The van der Waals surface area contributed by atoms with Gasteiger partial charge in [-0.2, -0.15) is 0 Å². The molecule has 0 aliphatic rings. The Labute approximate surface area is 139 Å². The number of aromatic nitrogens is 2. The van der Waals surface area contributed by atoms with Crippen LogP contribution in [0.15, 0.2) is 54.7 Å². The maximum Gasteiger partial charge on any atom is 0.257 e. The van der Waals surface area contributed by atoms with Crippen molar-refractivity contribution in [1.29, 1.82) is 0 Å². The van der Waals surface area contributed by atoms with Crippen LogP contribution in [0.4, 0.5) is 5.95 Å². The molecule has 1 N–H and O–H groups in total. The highest BCUT2D eigenvalue weighted by Gasteiger charge is 2.12. The van der Waals surface area contributed by atoms with Crippen molar-refractivity contribution in [3.8, 4) is 11.3 Å². The number of halogens is 1. The monoisotopic (exact) mass is 325 g/mol. The Balaban J connectivity index is 1.82. The van der Waals surface area contributed by atoms with Crippen LogP contribution >= 0.6 is 11.6 Å². The van der Waals surface area contributed by atoms with E-state index >= 15 is 0 Å². The summed E-state index contributed by atoms with van der Waals surface area (Å²) in [5.74, 6) is 0.284. The summed E-state index contributed by atoms with van der Waals surface area (Å²) in [5.41, 5.74) is 3.56. The fourth-order valence-electron chi connectivity index (χ4n) is 2.22. The molecule has 116 valence electrons. The maximum absolute atomic E-state index is 12.3. The lowest BCUT2D eigenvalue weighted by Gasteiger charge is -2.04. The van der Waals surface area contributed by atoms with Gasteiger partial charge >= 0.3 is 0 Å². The number of hydrogen-bond donors (Lipinski definition) is 1. The Morgan fingerprint density at radius 1 is 1.09 bits per heavy atom. The molecule has 3 aromatic rings. The predicted molar refractivity (Wildman–Crippen MR) is 92.8 cm³/mol. The molecule has 1 aromatic heterocycles. The molecule has 0 saturated heterocycles. The molecule has 0 bridgehead atoms. The van der Waals surface area contributed by atoms with E-state index < -0.39 is 0 Å². The highest BCUT2D eigenvalue weighted by molar-refractivity contribution is 6.30. The van der Waals surface area contributed by atoms with E-state index in [0.29, 0.717) is 16.5 Å². The minimum Gasteiger partial charge on any atom is -0.320 e. The molecule has 0 unspecified atom stereocenters. The highest BCUT2D eigenvalue weighted by atomic mass is 35.5.